The molecule has 0 amide bonds. The van der Waals surface area contributed by atoms with Crippen LogP contribution in [0.5, 0.6) is 5.75 Å². The van der Waals surface area contributed by atoms with Gasteiger partial charge in [0.05, 0.1) is 12.5 Å². The normalized spacial score (nSPS) is 16.9. The maximum absolute atomic E-state index is 10.1. The number of fused-ring (bicyclic) bond motifs is 1. The van der Waals surface area contributed by atoms with Gasteiger partial charge < -0.3 is 5.11 Å². The zero-order valence-electron chi connectivity index (χ0n) is 12.8. The molecule has 0 spiro atoms. The second-order valence-electron chi connectivity index (χ2n) is 6.04. The van der Waals surface area contributed by atoms with Crippen LogP contribution >= 0.6 is 0 Å². The molecular formula is C20H19NO. The Morgan fingerprint density at radius 2 is 2.09 bits per heavy atom. The lowest BCUT2D eigenvalue weighted by atomic mass is 9.76. The van der Waals surface area contributed by atoms with Crippen molar-refractivity contribution in [3.63, 3.8) is 0 Å². The zero-order chi connectivity index (χ0) is 15.7. The highest BCUT2D eigenvalue weighted by Gasteiger charge is 2.24. The largest absolute Gasteiger partial charge is 0.508 e. The molecular weight excluding hydrogens is 270 g/mol. The Bertz CT molecular complexity index is 783. The molecule has 1 aliphatic rings. The van der Waals surface area contributed by atoms with Gasteiger partial charge in [0.25, 0.3) is 0 Å². The molecule has 2 heteroatoms. The van der Waals surface area contributed by atoms with E-state index in [0.717, 1.165) is 18.4 Å². The maximum atomic E-state index is 10.1. The van der Waals surface area contributed by atoms with Crippen molar-refractivity contribution in [3.8, 4) is 11.8 Å². The van der Waals surface area contributed by atoms with Crippen molar-refractivity contribution >= 4 is 5.57 Å². The molecule has 2 aromatic carbocycles. The summed E-state index contributed by atoms with van der Waals surface area (Å²) in [6, 6.07) is 14.2. The van der Waals surface area contributed by atoms with Gasteiger partial charge in [-0.1, -0.05) is 36.9 Å². The van der Waals surface area contributed by atoms with Gasteiger partial charge in [-0.2, -0.15) is 5.26 Å². The third kappa shape index (κ3) is 2.51. The maximum Gasteiger partial charge on any atom is 0.120 e. The first-order chi connectivity index (χ1) is 10.6. The van der Waals surface area contributed by atoms with E-state index in [0.29, 0.717) is 11.5 Å². The molecule has 1 N–H and O–H groups in total. The lowest BCUT2D eigenvalue weighted by Gasteiger charge is -2.28. The fraction of sp³-hybridized carbons (Fsp3) is 0.250. The van der Waals surface area contributed by atoms with Crippen molar-refractivity contribution < 1.29 is 5.11 Å². The topological polar surface area (TPSA) is 44.0 Å². The molecule has 22 heavy (non-hydrogen) atoms. The predicted molar refractivity (Wildman–Crippen MR) is 88.7 cm³/mol. The number of hydrogen-bond acceptors (Lipinski definition) is 2. The van der Waals surface area contributed by atoms with Crippen molar-refractivity contribution in [3.05, 3.63) is 70.8 Å². The molecule has 1 atom stereocenters. The van der Waals surface area contributed by atoms with E-state index in [1.54, 1.807) is 0 Å². The Labute approximate surface area is 131 Å². The average Bonchev–Trinajstić information content (AvgIpc) is 2.49. The Balaban J connectivity index is 1.93. The van der Waals surface area contributed by atoms with Crippen LogP contribution in [0.15, 0.2) is 43.0 Å². The van der Waals surface area contributed by atoms with Crippen molar-refractivity contribution in [2.24, 2.45) is 0 Å². The minimum atomic E-state index is 0.222. The van der Waals surface area contributed by atoms with Gasteiger partial charge in [0.1, 0.15) is 5.75 Å². The number of nitrogens with zero attached hydrogens (tertiary/aromatic N) is 1. The van der Waals surface area contributed by atoms with Crippen LogP contribution in [-0.4, -0.2) is 5.11 Å². The SMILES string of the molecule is C=C1C[C@@H](c2ccc(CC#N)c(O)c2)Cc2cccc(C)c21. The Kier molecular flexibility index (Phi) is 3.73. The number of rotatable bonds is 2. The number of benzene rings is 2. The van der Waals surface area contributed by atoms with Crippen LogP contribution in [0.3, 0.4) is 0 Å². The molecule has 2 nitrogen and oxygen atoms in total. The highest BCUT2D eigenvalue weighted by atomic mass is 16.3. The number of aryl methyl sites for hydroxylation is 1. The van der Waals surface area contributed by atoms with E-state index in [4.69, 9.17) is 5.26 Å². The molecule has 0 saturated heterocycles. The average molecular weight is 289 g/mol. The summed E-state index contributed by atoms with van der Waals surface area (Å²) >= 11 is 0. The standard InChI is InChI=1S/C20H19NO/c1-13-4-3-5-17-11-18(10-14(2)20(13)17)16-7-6-15(8-9-21)19(22)12-16/h3-7,12,18,22H,2,8,10-11H2,1H3/t18-/m1/s1. The van der Waals surface area contributed by atoms with Gasteiger partial charge in [-0.25, -0.2) is 0 Å². The summed E-state index contributed by atoms with van der Waals surface area (Å²) in [5.74, 6) is 0.559. The number of phenolic OH excluding ortho intramolecular Hbond substituents is 1. The minimum absolute atomic E-state index is 0.222. The van der Waals surface area contributed by atoms with Crippen LogP contribution in [0.4, 0.5) is 0 Å². The molecule has 0 bridgehead atoms. The number of allylic oxidation sites excluding steroid dienone is 1. The van der Waals surface area contributed by atoms with Crippen molar-refractivity contribution in [2.45, 2.75) is 32.1 Å². The summed E-state index contributed by atoms with van der Waals surface area (Å²) in [5, 5.41) is 18.8. The van der Waals surface area contributed by atoms with E-state index in [2.05, 4.69) is 37.8 Å². The predicted octanol–water partition coefficient (Wildman–Crippen LogP) is 4.51. The van der Waals surface area contributed by atoms with Crippen LogP contribution < -0.4 is 0 Å². The zero-order valence-corrected chi connectivity index (χ0v) is 12.8. The molecule has 2 aromatic rings. The number of aromatic hydroxyl groups is 1. The minimum Gasteiger partial charge on any atom is -0.508 e. The molecule has 3 rings (SSSR count). The molecule has 0 radical (unpaired) electrons. The first-order valence-electron chi connectivity index (χ1n) is 7.55. The smallest absolute Gasteiger partial charge is 0.120 e. The number of phenols is 1. The molecule has 110 valence electrons. The Hall–Kier alpha value is -2.53. The highest BCUT2D eigenvalue weighted by molar-refractivity contribution is 5.72. The van der Waals surface area contributed by atoms with Crippen LogP contribution in [0.25, 0.3) is 5.57 Å². The van der Waals surface area contributed by atoms with E-state index in [-0.39, 0.29) is 12.2 Å². The van der Waals surface area contributed by atoms with Gasteiger partial charge in [-0.05, 0) is 59.6 Å². The molecule has 0 heterocycles. The van der Waals surface area contributed by atoms with Crippen LogP contribution in [0, 0.1) is 18.3 Å². The van der Waals surface area contributed by atoms with Gasteiger partial charge in [-0.15, -0.1) is 0 Å². The van der Waals surface area contributed by atoms with Crippen molar-refractivity contribution in [1.82, 2.24) is 0 Å². The summed E-state index contributed by atoms with van der Waals surface area (Å²) < 4.78 is 0. The lowest BCUT2D eigenvalue weighted by molar-refractivity contribution is 0.468. The third-order valence-electron chi connectivity index (χ3n) is 4.52. The van der Waals surface area contributed by atoms with Gasteiger partial charge in [-0.3, -0.25) is 0 Å². The van der Waals surface area contributed by atoms with Gasteiger partial charge in [0, 0.05) is 5.56 Å². The van der Waals surface area contributed by atoms with Crippen LogP contribution in [0.2, 0.25) is 0 Å². The molecule has 0 aromatic heterocycles. The van der Waals surface area contributed by atoms with Gasteiger partial charge in [0.2, 0.25) is 0 Å². The number of nitriles is 1. The van der Waals surface area contributed by atoms with E-state index < -0.39 is 0 Å². The Morgan fingerprint density at radius 3 is 2.82 bits per heavy atom. The van der Waals surface area contributed by atoms with E-state index >= 15 is 0 Å². The molecule has 0 fully saturated rings. The number of hydrogen-bond donors (Lipinski definition) is 1. The third-order valence-corrected chi connectivity index (χ3v) is 4.52. The summed E-state index contributed by atoms with van der Waals surface area (Å²) in [4.78, 5) is 0. The molecule has 0 unspecified atom stereocenters. The summed E-state index contributed by atoms with van der Waals surface area (Å²) in [7, 11) is 0. The monoisotopic (exact) mass is 289 g/mol. The first-order valence-corrected chi connectivity index (χ1v) is 7.55. The van der Waals surface area contributed by atoms with E-state index in [1.807, 2.05) is 18.2 Å². The fourth-order valence-corrected chi connectivity index (χ4v) is 3.45. The fourth-order valence-electron chi connectivity index (χ4n) is 3.45. The van der Waals surface area contributed by atoms with Crippen molar-refractivity contribution in [1.29, 1.82) is 5.26 Å². The summed E-state index contributed by atoms with van der Waals surface area (Å²) in [5.41, 5.74) is 6.91. The van der Waals surface area contributed by atoms with Crippen LogP contribution in [-0.2, 0) is 12.8 Å². The molecule has 0 aliphatic heterocycles. The van der Waals surface area contributed by atoms with E-state index in [1.165, 1.54) is 22.3 Å². The van der Waals surface area contributed by atoms with Gasteiger partial charge in [0.15, 0.2) is 0 Å². The second-order valence-corrected chi connectivity index (χ2v) is 6.04. The van der Waals surface area contributed by atoms with Crippen molar-refractivity contribution in [2.75, 3.05) is 0 Å². The second kappa shape index (κ2) is 5.69. The lowest BCUT2D eigenvalue weighted by Crippen LogP contribution is -2.13. The molecule has 1 aliphatic carbocycles. The summed E-state index contributed by atoms with van der Waals surface area (Å²) in [6.45, 7) is 6.39. The first kappa shape index (κ1) is 14.4. The highest BCUT2D eigenvalue weighted by Crippen LogP contribution is 2.40. The van der Waals surface area contributed by atoms with Gasteiger partial charge >= 0.3 is 0 Å². The van der Waals surface area contributed by atoms with E-state index in [9.17, 15) is 5.11 Å². The molecule has 0 saturated carbocycles. The quantitative estimate of drug-likeness (QED) is 0.884. The Morgan fingerprint density at radius 1 is 1.27 bits per heavy atom. The summed E-state index contributed by atoms with van der Waals surface area (Å²) in [6.07, 6.45) is 2.12. The van der Waals surface area contributed by atoms with Crippen LogP contribution in [0.1, 0.15) is 40.2 Å².